The van der Waals surface area contributed by atoms with Crippen LogP contribution in [0.25, 0.3) is 78.7 Å². The fraction of sp³-hybridized carbons (Fsp3) is 0.0667. The minimum atomic E-state index is -0.817. The second kappa shape index (κ2) is 14.1. The monoisotopic (exact) mass is 832 g/mol. The molecule has 1 atom stereocenters. The third-order valence-electron chi connectivity index (χ3n) is 13.9. The van der Waals surface area contributed by atoms with Crippen LogP contribution in [0.5, 0.6) is 11.5 Å². The summed E-state index contributed by atoms with van der Waals surface area (Å²) in [4.78, 5) is 20.1. The van der Waals surface area contributed by atoms with Gasteiger partial charge < -0.3 is 4.74 Å². The molecule has 13 rings (SSSR count). The Kier molecular flexibility index (Phi) is 8.10. The normalized spacial score (nSPS) is 15.5. The topological polar surface area (TPSA) is 60.8 Å². The Morgan fingerprint density at radius 3 is 1.58 bits per heavy atom. The van der Waals surface area contributed by atoms with Crippen LogP contribution in [0.1, 0.15) is 47.2 Å². The van der Waals surface area contributed by atoms with Gasteiger partial charge in [-0.05, 0) is 97.1 Å². The van der Waals surface area contributed by atoms with Gasteiger partial charge in [-0.25, -0.2) is 15.0 Å². The van der Waals surface area contributed by atoms with E-state index in [1.807, 2.05) is 30.5 Å². The van der Waals surface area contributed by atoms with E-state index in [9.17, 15) is 0 Å². The summed E-state index contributed by atoms with van der Waals surface area (Å²) in [5.74, 6) is 3.52. The molecule has 0 bridgehead atoms. The summed E-state index contributed by atoms with van der Waals surface area (Å²) < 4.78 is 7.11. The summed E-state index contributed by atoms with van der Waals surface area (Å²) in [5.41, 5.74) is 18.2. The highest BCUT2D eigenvalue weighted by Gasteiger charge is 2.51. The maximum Gasteiger partial charge on any atom is 0.164 e. The fourth-order valence-corrected chi connectivity index (χ4v) is 10.9. The first kappa shape index (κ1) is 37.3. The Labute approximate surface area is 377 Å². The number of nitrogens with zero attached hydrogens (tertiary/aromatic N) is 4. The van der Waals surface area contributed by atoms with Gasteiger partial charge in [-0.3, -0.25) is 4.98 Å². The predicted octanol–water partition coefficient (Wildman–Crippen LogP) is 14.4. The van der Waals surface area contributed by atoms with E-state index in [1.165, 1.54) is 44.5 Å². The average molecular weight is 833 g/mol. The Hall–Kier alpha value is -8.28. The quantitative estimate of drug-likeness (QED) is 0.177. The summed E-state index contributed by atoms with van der Waals surface area (Å²) in [6.07, 6.45) is 3.68. The van der Waals surface area contributed by atoms with Crippen LogP contribution in [0.3, 0.4) is 0 Å². The fourth-order valence-electron chi connectivity index (χ4n) is 10.9. The molecule has 8 aromatic carbocycles. The van der Waals surface area contributed by atoms with E-state index in [1.54, 1.807) is 6.20 Å². The molecule has 0 saturated carbocycles. The van der Waals surface area contributed by atoms with Crippen LogP contribution < -0.4 is 4.74 Å². The lowest BCUT2D eigenvalue weighted by Gasteiger charge is -2.43. The number of benzene rings is 8. The van der Waals surface area contributed by atoms with E-state index < -0.39 is 5.41 Å². The molecule has 65 heavy (non-hydrogen) atoms. The number of pyridine rings is 1. The van der Waals surface area contributed by atoms with Crippen molar-refractivity contribution in [3.63, 3.8) is 0 Å². The molecule has 3 heterocycles. The maximum absolute atomic E-state index is 7.11. The highest BCUT2D eigenvalue weighted by molar-refractivity contribution is 5.95. The van der Waals surface area contributed by atoms with E-state index in [0.717, 1.165) is 61.6 Å². The van der Waals surface area contributed by atoms with Crippen LogP contribution in [-0.4, -0.2) is 19.9 Å². The van der Waals surface area contributed by atoms with E-state index >= 15 is 0 Å². The standard InChI is InChI=1S/C60H40N4O/c1-59(2)48-22-10-8-21-45(48)47-34-53-55(35-51(47)59)65-54-25-13-12-24-50(54)60(53)49-23-11-9-20-44(49)42-18-6-7-19-43(42)46-31-30-40(33-52(46)60)58-63-56(38-15-4-3-5-16-38)62-57(64-58)39-28-26-37(27-29-39)41-17-14-32-61-36-41/h3-36H,1-2H3. The second-order valence-corrected chi connectivity index (χ2v) is 17.8. The third kappa shape index (κ3) is 5.52. The highest BCUT2D eigenvalue weighted by atomic mass is 16.5. The van der Waals surface area contributed by atoms with Crippen LogP contribution in [0.2, 0.25) is 0 Å². The van der Waals surface area contributed by atoms with Crippen molar-refractivity contribution in [3.05, 3.63) is 240 Å². The minimum Gasteiger partial charge on any atom is -0.457 e. The summed E-state index contributed by atoms with van der Waals surface area (Å²) in [5, 5.41) is 0. The number of para-hydroxylation sites is 1. The summed E-state index contributed by atoms with van der Waals surface area (Å²) in [7, 11) is 0. The van der Waals surface area contributed by atoms with Crippen LogP contribution >= 0.6 is 0 Å². The van der Waals surface area contributed by atoms with Crippen LogP contribution in [0.15, 0.2) is 207 Å². The SMILES string of the molecule is CC1(C)c2ccccc2-c2cc3c(cc21)Oc1ccccc1C31c2ccccc2-c2ccccc2-c2ccc(-c3nc(-c4ccccc4)nc(-c4ccc(-c5cccnc5)cc4)n3)cc21. The summed E-state index contributed by atoms with van der Waals surface area (Å²) in [6, 6.07) is 69.5. The molecule has 5 heteroatoms. The molecule has 3 aliphatic rings. The van der Waals surface area contributed by atoms with Crippen molar-refractivity contribution < 1.29 is 4.74 Å². The molecule has 5 nitrogen and oxygen atoms in total. The van der Waals surface area contributed by atoms with Gasteiger partial charge in [-0.2, -0.15) is 0 Å². The lowest BCUT2D eigenvalue weighted by atomic mass is 9.61. The highest BCUT2D eigenvalue weighted by Crippen LogP contribution is 2.63. The lowest BCUT2D eigenvalue weighted by Crippen LogP contribution is -2.35. The van der Waals surface area contributed by atoms with Crippen molar-refractivity contribution in [1.29, 1.82) is 0 Å². The van der Waals surface area contributed by atoms with Crippen molar-refractivity contribution in [2.24, 2.45) is 0 Å². The number of ether oxygens (including phenoxy) is 1. The van der Waals surface area contributed by atoms with Crippen molar-refractivity contribution in [2.75, 3.05) is 0 Å². The molecule has 0 fully saturated rings. The molecule has 306 valence electrons. The summed E-state index contributed by atoms with van der Waals surface area (Å²) in [6.45, 7) is 4.66. The van der Waals surface area contributed by atoms with Gasteiger partial charge in [0.2, 0.25) is 0 Å². The molecular formula is C60H40N4O. The van der Waals surface area contributed by atoms with Gasteiger partial charge in [0, 0.05) is 45.6 Å². The molecule has 10 aromatic rings. The molecular weight excluding hydrogens is 793 g/mol. The minimum absolute atomic E-state index is 0.205. The first-order chi connectivity index (χ1) is 32.0. The van der Waals surface area contributed by atoms with Gasteiger partial charge in [0.1, 0.15) is 11.5 Å². The van der Waals surface area contributed by atoms with Gasteiger partial charge in [0.05, 0.1) is 5.41 Å². The molecule has 1 aliphatic heterocycles. The zero-order valence-electron chi connectivity index (χ0n) is 35.8. The largest absolute Gasteiger partial charge is 0.457 e. The maximum atomic E-state index is 7.11. The van der Waals surface area contributed by atoms with Crippen LogP contribution in [0.4, 0.5) is 0 Å². The van der Waals surface area contributed by atoms with Gasteiger partial charge in [-0.1, -0.05) is 178 Å². The number of hydrogen-bond acceptors (Lipinski definition) is 5. The van der Waals surface area contributed by atoms with E-state index in [-0.39, 0.29) is 5.41 Å². The molecule has 0 amide bonds. The molecule has 1 unspecified atom stereocenters. The Morgan fingerprint density at radius 2 is 0.877 bits per heavy atom. The van der Waals surface area contributed by atoms with Gasteiger partial charge in [0.15, 0.2) is 17.5 Å². The number of aromatic nitrogens is 4. The Balaban J connectivity index is 1.11. The van der Waals surface area contributed by atoms with E-state index in [0.29, 0.717) is 17.5 Å². The number of fused-ring (bicyclic) bond motifs is 14. The van der Waals surface area contributed by atoms with Crippen molar-refractivity contribution in [1.82, 2.24) is 19.9 Å². The van der Waals surface area contributed by atoms with Crippen LogP contribution in [0, 0.1) is 0 Å². The Morgan fingerprint density at radius 1 is 0.338 bits per heavy atom. The van der Waals surface area contributed by atoms with E-state index in [4.69, 9.17) is 19.7 Å². The van der Waals surface area contributed by atoms with Gasteiger partial charge >= 0.3 is 0 Å². The number of rotatable bonds is 4. The smallest absolute Gasteiger partial charge is 0.164 e. The lowest BCUT2D eigenvalue weighted by molar-refractivity contribution is 0.433. The molecule has 1 spiro atoms. The molecule has 0 N–H and O–H groups in total. The first-order valence-corrected chi connectivity index (χ1v) is 22.2. The Bertz CT molecular complexity index is 3540. The second-order valence-electron chi connectivity index (χ2n) is 17.8. The number of hydrogen-bond donors (Lipinski definition) is 0. The van der Waals surface area contributed by atoms with Crippen molar-refractivity contribution in [3.8, 4) is 90.2 Å². The molecule has 2 aliphatic carbocycles. The van der Waals surface area contributed by atoms with Crippen molar-refractivity contribution >= 4 is 0 Å². The van der Waals surface area contributed by atoms with E-state index in [2.05, 4.69) is 189 Å². The summed E-state index contributed by atoms with van der Waals surface area (Å²) >= 11 is 0. The molecule has 2 aromatic heterocycles. The molecule has 0 saturated heterocycles. The first-order valence-electron chi connectivity index (χ1n) is 22.2. The molecule has 0 radical (unpaired) electrons. The third-order valence-corrected chi connectivity index (χ3v) is 13.9. The zero-order valence-corrected chi connectivity index (χ0v) is 35.8. The van der Waals surface area contributed by atoms with Gasteiger partial charge in [0.25, 0.3) is 0 Å². The predicted molar refractivity (Wildman–Crippen MR) is 260 cm³/mol. The van der Waals surface area contributed by atoms with Gasteiger partial charge in [-0.15, -0.1) is 0 Å². The van der Waals surface area contributed by atoms with Crippen LogP contribution in [-0.2, 0) is 10.8 Å². The average Bonchev–Trinajstić information content (AvgIpc) is 3.53. The van der Waals surface area contributed by atoms with Crippen molar-refractivity contribution in [2.45, 2.75) is 24.7 Å². The zero-order chi connectivity index (χ0) is 43.3.